The second-order valence-electron chi connectivity index (χ2n) is 17.2. The van der Waals surface area contributed by atoms with Crippen molar-refractivity contribution in [3.8, 4) is 10.7 Å². The van der Waals surface area contributed by atoms with Crippen molar-refractivity contribution in [3.05, 3.63) is 29.4 Å². The maximum atomic E-state index is 14.8. The number of carbonyl (C=O) groups excluding carboxylic acids is 4. The molecule has 3 fully saturated rings. The van der Waals surface area contributed by atoms with Gasteiger partial charge in [0.25, 0.3) is 0 Å². The van der Waals surface area contributed by atoms with Crippen LogP contribution in [-0.2, 0) is 47.7 Å². The molecule has 3 saturated heterocycles. The fourth-order valence-electron chi connectivity index (χ4n) is 9.18. The molecule has 2 aromatic rings. The van der Waals surface area contributed by atoms with Gasteiger partial charge < -0.3 is 44.3 Å². The summed E-state index contributed by atoms with van der Waals surface area (Å²) in [6, 6.07) is 5.14. The molecule has 0 aromatic carbocycles. The van der Waals surface area contributed by atoms with Crippen molar-refractivity contribution in [2.24, 2.45) is 46.4 Å². The van der Waals surface area contributed by atoms with Crippen LogP contribution in [-0.4, -0.2) is 124 Å². The quantitative estimate of drug-likeness (QED) is 0.113. The third-order valence-corrected chi connectivity index (χ3v) is 13.8. The SMILES string of the molecule is CCC1OC(=O)C(C)C(=O)C(C)C(OC2OC(C)CC(N(C)C)C2O)C(C)(OC)CC(C)C(=O)C(C)C2C(C(N)=NOC(C)c3nnc(-c4ccccn4)s3)C(=O)OC12C. The van der Waals surface area contributed by atoms with Gasteiger partial charge in [0.1, 0.15) is 35.5 Å². The molecule has 0 amide bonds. The summed E-state index contributed by atoms with van der Waals surface area (Å²) in [4.78, 5) is 69.1. The number of ketones is 2. The second kappa shape index (κ2) is 19.0. The number of methoxy groups -OCH3 is 1. The number of carbonyl (C=O) groups is 4. The van der Waals surface area contributed by atoms with E-state index in [0.29, 0.717) is 22.1 Å². The minimum atomic E-state index is -1.58. The number of ether oxygens (including phenoxy) is 5. The first-order valence-electron chi connectivity index (χ1n) is 20.6. The molecule has 3 aliphatic heterocycles. The Balaban J connectivity index is 1.51. The molecule has 0 saturated carbocycles. The number of aliphatic hydroxyl groups excluding tert-OH is 1. The van der Waals surface area contributed by atoms with Gasteiger partial charge in [0.2, 0.25) is 0 Å². The van der Waals surface area contributed by atoms with Gasteiger partial charge in [-0.15, -0.1) is 10.2 Å². The van der Waals surface area contributed by atoms with Crippen LogP contribution in [0.4, 0.5) is 0 Å². The van der Waals surface area contributed by atoms with E-state index >= 15 is 0 Å². The van der Waals surface area contributed by atoms with Gasteiger partial charge in [0.15, 0.2) is 39.6 Å². The third kappa shape index (κ3) is 9.43. The van der Waals surface area contributed by atoms with Gasteiger partial charge in [-0.1, -0.05) is 50.3 Å². The maximum absolute atomic E-state index is 14.8. The number of amidine groups is 1. The lowest BCUT2D eigenvalue weighted by molar-refractivity contribution is -0.295. The Bertz CT molecular complexity index is 1880. The number of nitrogens with zero attached hydrogens (tertiary/aromatic N) is 5. The minimum absolute atomic E-state index is 0.0515. The first-order chi connectivity index (χ1) is 28.2. The molecule has 17 nitrogen and oxygen atoms in total. The molecule has 0 spiro atoms. The van der Waals surface area contributed by atoms with Gasteiger partial charge in [-0.3, -0.25) is 24.2 Å². The summed E-state index contributed by atoms with van der Waals surface area (Å²) in [5, 5.41) is 25.1. The summed E-state index contributed by atoms with van der Waals surface area (Å²) in [6.45, 7) is 15.2. The molecule has 0 radical (unpaired) electrons. The van der Waals surface area contributed by atoms with Crippen LogP contribution in [0.1, 0.15) is 92.7 Å². The van der Waals surface area contributed by atoms with Crippen LogP contribution >= 0.6 is 11.3 Å². The van der Waals surface area contributed by atoms with E-state index in [9.17, 15) is 24.3 Å². The molecular weight excluding hydrogens is 797 g/mol. The summed E-state index contributed by atoms with van der Waals surface area (Å²) in [7, 11) is 5.17. The van der Waals surface area contributed by atoms with Crippen LogP contribution in [0.3, 0.4) is 0 Å². The van der Waals surface area contributed by atoms with E-state index in [4.69, 9.17) is 34.3 Å². The highest BCUT2D eigenvalue weighted by Gasteiger charge is 2.62. The highest BCUT2D eigenvalue weighted by molar-refractivity contribution is 7.14. The molecule has 5 heterocycles. The van der Waals surface area contributed by atoms with Crippen molar-refractivity contribution >= 4 is 40.7 Å². The van der Waals surface area contributed by atoms with Crippen LogP contribution < -0.4 is 5.73 Å². The number of rotatable bonds is 10. The number of oxime groups is 1. The lowest BCUT2D eigenvalue weighted by Gasteiger charge is -2.47. The van der Waals surface area contributed by atoms with E-state index in [0.717, 1.165) is 0 Å². The van der Waals surface area contributed by atoms with Gasteiger partial charge in [0.05, 0.1) is 17.8 Å². The van der Waals surface area contributed by atoms with Crippen molar-refractivity contribution in [2.75, 3.05) is 21.2 Å². The lowest BCUT2D eigenvalue weighted by atomic mass is 9.67. The maximum Gasteiger partial charge on any atom is 0.317 e. The highest BCUT2D eigenvalue weighted by Crippen LogP contribution is 2.48. The fraction of sp³-hybridized carbons (Fsp3) is 0.714. The van der Waals surface area contributed by atoms with Gasteiger partial charge in [-0.25, -0.2) is 0 Å². The summed E-state index contributed by atoms with van der Waals surface area (Å²) in [6.07, 6.45) is -3.03. The summed E-state index contributed by atoms with van der Waals surface area (Å²) >= 11 is 1.26. The lowest BCUT2D eigenvalue weighted by Crippen LogP contribution is -2.59. The van der Waals surface area contributed by atoms with Crippen LogP contribution in [0, 0.1) is 35.5 Å². The number of aromatic nitrogens is 3. The van der Waals surface area contributed by atoms with Gasteiger partial charge >= 0.3 is 11.9 Å². The van der Waals surface area contributed by atoms with Crippen molar-refractivity contribution in [2.45, 2.75) is 136 Å². The zero-order valence-corrected chi connectivity index (χ0v) is 37.5. The Morgan fingerprint density at radius 2 is 1.77 bits per heavy atom. The van der Waals surface area contributed by atoms with Crippen molar-refractivity contribution < 1.29 is 52.8 Å². The normalized spacial score (nSPS) is 37.9. The van der Waals surface area contributed by atoms with E-state index in [-0.39, 0.29) is 36.6 Å². The highest BCUT2D eigenvalue weighted by atomic mass is 32.1. The van der Waals surface area contributed by atoms with Crippen LogP contribution in [0.2, 0.25) is 0 Å². The predicted octanol–water partition coefficient (Wildman–Crippen LogP) is 4.12. The Morgan fingerprint density at radius 3 is 2.38 bits per heavy atom. The van der Waals surface area contributed by atoms with Crippen molar-refractivity contribution in [3.63, 3.8) is 0 Å². The van der Waals surface area contributed by atoms with E-state index in [1.165, 1.54) is 25.4 Å². The van der Waals surface area contributed by atoms with Crippen LogP contribution in [0.15, 0.2) is 29.6 Å². The average Bonchev–Trinajstić information content (AvgIpc) is 3.83. The van der Waals surface area contributed by atoms with Gasteiger partial charge in [-0.05, 0) is 80.1 Å². The number of likely N-dealkylation sites (N-methyl/N-ethyl adjacent to an activating group) is 1. The zero-order valence-electron chi connectivity index (χ0n) is 36.7. The summed E-state index contributed by atoms with van der Waals surface area (Å²) in [5.41, 5.74) is 4.33. The number of cyclic esters (lactones) is 1. The fourth-order valence-corrected chi connectivity index (χ4v) is 9.97. The summed E-state index contributed by atoms with van der Waals surface area (Å²) in [5.74, 6) is -8.88. The van der Waals surface area contributed by atoms with E-state index in [1.807, 2.05) is 38.1 Å². The van der Waals surface area contributed by atoms with E-state index in [2.05, 4.69) is 20.3 Å². The number of pyridine rings is 1. The largest absolute Gasteiger partial charge is 0.458 e. The number of Topliss-reactive ketones (excluding diaryl/α,β-unsaturated/α-hetero) is 2. The average molecular weight is 859 g/mol. The van der Waals surface area contributed by atoms with E-state index in [1.54, 1.807) is 60.7 Å². The molecule has 3 aliphatic rings. The molecular formula is C42H62N6O11S. The minimum Gasteiger partial charge on any atom is -0.458 e. The molecule has 0 bridgehead atoms. The molecule has 15 atom stereocenters. The second-order valence-corrected chi connectivity index (χ2v) is 18.2. The number of hydrogen-bond donors (Lipinski definition) is 2. The van der Waals surface area contributed by atoms with E-state index < -0.39 is 95.1 Å². The first kappa shape index (κ1) is 47.1. The number of nitrogens with two attached hydrogens (primary N) is 1. The topological polar surface area (TPSA) is 224 Å². The molecule has 3 N–H and O–H groups in total. The molecule has 332 valence electrons. The molecule has 0 aliphatic carbocycles. The van der Waals surface area contributed by atoms with Gasteiger partial charge in [-0.2, -0.15) is 0 Å². The smallest absolute Gasteiger partial charge is 0.317 e. The predicted molar refractivity (Wildman–Crippen MR) is 220 cm³/mol. The molecule has 15 unspecified atom stereocenters. The molecule has 18 heteroatoms. The Morgan fingerprint density at radius 1 is 1.07 bits per heavy atom. The third-order valence-electron chi connectivity index (χ3n) is 12.7. The van der Waals surface area contributed by atoms with Crippen LogP contribution in [0.5, 0.6) is 0 Å². The molecule has 5 rings (SSSR count). The number of aliphatic hydroxyl groups is 1. The number of fused-ring (bicyclic) bond motifs is 1. The molecule has 2 aromatic heterocycles. The molecule has 60 heavy (non-hydrogen) atoms. The Kier molecular flexibility index (Phi) is 14.9. The summed E-state index contributed by atoms with van der Waals surface area (Å²) < 4.78 is 31.1. The number of hydrogen-bond acceptors (Lipinski definition) is 17. The monoisotopic (exact) mass is 858 g/mol. The number of esters is 2. The standard InChI is InChI=1S/C42H62N6O11S/c1-13-28-42(9)30(29(39(53)58-42)35(43)47-59-25(7)36-45-46-37(60-36)26-16-14-15-17-44-26)22(4)31(49)20(2)19-41(8,54-12)34(23(5)32(50)24(6)38(52)56-28)57-40-33(51)27(48(10)11)18-21(3)55-40/h14-17,20-25,27-30,33-34,40,51H,13,18-19H2,1-12H3,(H2,43,47). The van der Waals surface area contributed by atoms with Gasteiger partial charge in [0, 0.05) is 43.0 Å². The zero-order chi connectivity index (χ0) is 44.4. The Hall–Kier alpha value is -3.94. The van der Waals surface area contributed by atoms with Crippen molar-refractivity contribution in [1.29, 1.82) is 0 Å². The van der Waals surface area contributed by atoms with Crippen LogP contribution in [0.25, 0.3) is 10.7 Å². The first-order valence-corrected chi connectivity index (χ1v) is 21.5. The Labute approximate surface area is 356 Å². The van der Waals surface area contributed by atoms with Crippen molar-refractivity contribution in [1.82, 2.24) is 20.1 Å².